The van der Waals surface area contributed by atoms with E-state index in [0.717, 1.165) is 18.4 Å². The van der Waals surface area contributed by atoms with Crippen molar-refractivity contribution in [2.75, 3.05) is 0 Å². The Labute approximate surface area is 146 Å². The second-order valence-corrected chi connectivity index (χ2v) is 6.26. The minimum atomic E-state index is -0.989. The van der Waals surface area contributed by atoms with Crippen molar-refractivity contribution in [2.24, 2.45) is 0 Å². The molecule has 5 heteroatoms. The van der Waals surface area contributed by atoms with Crippen LogP contribution in [0.3, 0.4) is 0 Å². The molecule has 2 aromatic rings. The molecule has 1 saturated carbocycles. The van der Waals surface area contributed by atoms with Gasteiger partial charge in [-0.1, -0.05) is 36.4 Å². The number of ether oxygens (including phenoxy) is 1. The van der Waals surface area contributed by atoms with Gasteiger partial charge in [0.2, 0.25) is 0 Å². The van der Waals surface area contributed by atoms with Gasteiger partial charge in [0.25, 0.3) is 5.91 Å². The van der Waals surface area contributed by atoms with Crippen LogP contribution >= 0.6 is 0 Å². The Morgan fingerprint density at radius 2 is 1.88 bits per heavy atom. The molecule has 25 heavy (non-hydrogen) atoms. The molecule has 0 aliphatic heterocycles. The molecule has 2 aromatic carbocycles. The number of hydrogen-bond donors (Lipinski definition) is 1. The maximum absolute atomic E-state index is 12.8. The van der Waals surface area contributed by atoms with Crippen LogP contribution in [-0.4, -0.2) is 34.0 Å². The quantitative estimate of drug-likeness (QED) is 0.840. The molecule has 0 saturated heterocycles. The van der Waals surface area contributed by atoms with Crippen molar-refractivity contribution in [3.63, 3.8) is 0 Å². The molecule has 1 atom stereocenters. The van der Waals surface area contributed by atoms with Crippen LogP contribution < -0.4 is 4.74 Å². The monoisotopic (exact) mass is 339 g/mol. The van der Waals surface area contributed by atoms with Gasteiger partial charge in [-0.2, -0.15) is 0 Å². The standard InChI is InChI=1S/C20H21NO4/c1-14(20(23)24)21(17-10-11-17)19(22)16-8-5-9-18(12-16)25-13-15-6-3-2-4-7-15/h2-9,12,14,17H,10-11,13H2,1H3,(H,23,24). The summed E-state index contributed by atoms with van der Waals surface area (Å²) in [6.45, 7) is 1.96. The van der Waals surface area contributed by atoms with Gasteiger partial charge in [-0.25, -0.2) is 4.79 Å². The highest BCUT2D eigenvalue weighted by Crippen LogP contribution is 2.30. The first-order valence-corrected chi connectivity index (χ1v) is 8.38. The summed E-state index contributed by atoms with van der Waals surface area (Å²) in [5.41, 5.74) is 1.49. The Bertz CT molecular complexity index is 755. The Hall–Kier alpha value is -2.82. The molecular weight excluding hydrogens is 318 g/mol. The van der Waals surface area contributed by atoms with Crippen LogP contribution in [-0.2, 0) is 11.4 Å². The number of nitrogens with zero attached hydrogens (tertiary/aromatic N) is 1. The molecule has 1 amide bonds. The van der Waals surface area contributed by atoms with Crippen LogP contribution in [0.15, 0.2) is 54.6 Å². The number of carboxylic acid groups (broad SMARTS) is 1. The van der Waals surface area contributed by atoms with E-state index in [2.05, 4.69) is 0 Å². The molecule has 0 bridgehead atoms. The minimum Gasteiger partial charge on any atom is -0.489 e. The maximum Gasteiger partial charge on any atom is 0.326 e. The van der Waals surface area contributed by atoms with Gasteiger partial charge in [0.05, 0.1) is 0 Å². The summed E-state index contributed by atoms with van der Waals surface area (Å²) in [4.78, 5) is 25.6. The topological polar surface area (TPSA) is 66.8 Å². The zero-order valence-electron chi connectivity index (χ0n) is 14.1. The third-order valence-electron chi connectivity index (χ3n) is 4.28. The zero-order valence-corrected chi connectivity index (χ0v) is 14.1. The summed E-state index contributed by atoms with van der Waals surface area (Å²) in [5, 5.41) is 9.27. The molecule has 1 aliphatic carbocycles. The molecule has 5 nitrogen and oxygen atoms in total. The lowest BCUT2D eigenvalue weighted by atomic mass is 10.1. The van der Waals surface area contributed by atoms with E-state index in [-0.39, 0.29) is 11.9 Å². The molecule has 130 valence electrons. The number of hydrogen-bond acceptors (Lipinski definition) is 3. The lowest BCUT2D eigenvalue weighted by Gasteiger charge is -2.26. The average Bonchev–Trinajstić information content (AvgIpc) is 3.46. The fourth-order valence-corrected chi connectivity index (χ4v) is 2.74. The van der Waals surface area contributed by atoms with Gasteiger partial charge in [0.1, 0.15) is 18.4 Å². The smallest absolute Gasteiger partial charge is 0.326 e. The third kappa shape index (κ3) is 4.18. The van der Waals surface area contributed by atoms with E-state index >= 15 is 0 Å². The van der Waals surface area contributed by atoms with Crippen LogP contribution in [0.2, 0.25) is 0 Å². The number of benzene rings is 2. The largest absolute Gasteiger partial charge is 0.489 e. The second-order valence-electron chi connectivity index (χ2n) is 6.26. The van der Waals surface area contributed by atoms with Gasteiger partial charge < -0.3 is 14.7 Å². The summed E-state index contributed by atoms with van der Waals surface area (Å²) < 4.78 is 5.76. The summed E-state index contributed by atoms with van der Waals surface area (Å²) in [6, 6.07) is 15.9. The molecule has 0 heterocycles. The van der Waals surface area contributed by atoms with E-state index in [1.807, 2.05) is 30.3 Å². The predicted octanol–water partition coefficient (Wildman–Crippen LogP) is 3.34. The van der Waals surface area contributed by atoms with E-state index in [1.165, 1.54) is 4.90 Å². The lowest BCUT2D eigenvalue weighted by Crippen LogP contribution is -2.44. The van der Waals surface area contributed by atoms with E-state index in [9.17, 15) is 14.7 Å². The van der Waals surface area contributed by atoms with E-state index in [1.54, 1.807) is 31.2 Å². The number of carbonyl (C=O) groups is 2. The highest BCUT2D eigenvalue weighted by atomic mass is 16.5. The van der Waals surface area contributed by atoms with Crippen molar-refractivity contribution in [1.82, 2.24) is 4.90 Å². The number of amides is 1. The van der Waals surface area contributed by atoms with E-state index < -0.39 is 12.0 Å². The van der Waals surface area contributed by atoms with Gasteiger partial charge in [-0.15, -0.1) is 0 Å². The summed E-state index contributed by atoms with van der Waals surface area (Å²) in [7, 11) is 0. The van der Waals surface area contributed by atoms with Gasteiger partial charge in [-0.05, 0) is 43.5 Å². The van der Waals surface area contributed by atoms with Gasteiger partial charge in [0.15, 0.2) is 0 Å². The van der Waals surface area contributed by atoms with Gasteiger partial charge in [0, 0.05) is 11.6 Å². The Kier molecular flexibility index (Phi) is 5.03. The SMILES string of the molecule is CC(C(=O)O)N(C(=O)c1cccc(OCc2ccccc2)c1)C1CC1. The van der Waals surface area contributed by atoms with Crippen molar-refractivity contribution >= 4 is 11.9 Å². The normalized spacial score (nSPS) is 14.6. The Morgan fingerprint density at radius 1 is 1.16 bits per heavy atom. The Balaban J connectivity index is 1.73. The highest BCUT2D eigenvalue weighted by Gasteiger charge is 2.38. The molecular formula is C20H21NO4. The molecule has 3 rings (SSSR count). The highest BCUT2D eigenvalue weighted by molar-refractivity contribution is 5.97. The number of carbonyl (C=O) groups excluding carboxylic acids is 1. The lowest BCUT2D eigenvalue weighted by molar-refractivity contribution is -0.141. The van der Waals surface area contributed by atoms with Crippen LogP contribution in [0.25, 0.3) is 0 Å². The number of carboxylic acids is 1. The van der Waals surface area contributed by atoms with Crippen molar-refractivity contribution in [1.29, 1.82) is 0 Å². The fraction of sp³-hybridized carbons (Fsp3) is 0.300. The molecule has 1 fully saturated rings. The third-order valence-corrected chi connectivity index (χ3v) is 4.28. The van der Waals surface area contributed by atoms with Crippen LogP contribution in [0.1, 0.15) is 35.7 Å². The summed E-state index contributed by atoms with van der Waals surface area (Å²) >= 11 is 0. The maximum atomic E-state index is 12.8. The van der Waals surface area contributed by atoms with Crippen LogP contribution in [0.5, 0.6) is 5.75 Å². The molecule has 0 spiro atoms. The van der Waals surface area contributed by atoms with Crippen molar-refractivity contribution in [3.8, 4) is 5.75 Å². The first-order valence-electron chi connectivity index (χ1n) is 8.38. The number of rotatable bonds is 7. The van der Waals surface area contributed by atoms with Crippen molar-refractivity contribution in [2.45, 2.75) is 38.5 Å². The summed E-state index contributed by atoms with van der Waals surface area (Å²) in [5.74, 6) is -0.660. The number of aliphatic carboxylic acids is 1. The van der Waals surface area contributed by atoms with Crippen LogP contribution in [0.4, 0.5) is 0 Å². The molecule has 0 radical (unpaired) electrons. The minimum absolute atomic E-state index is 0.0208. The molecule has 1 N–H and O–H groups in total. The van der Waals surface area contributed by atoms with Gasteiger partial charge >= 0.3 is 5.97 Å². The first kappa shape index (κ1) is 17.0. The van der Waals surface area contributed by atoms with E-state index in [0.29, 0.717) is 17.9 Å². The van der Waals surface area contributed by atoms with Crippen molar-refractivity contribution < 1.29 is 19.4 Å². The Morgan fingerprint density at radius 3 is 2.52 bits per heavy atom. The molecule has 1 aliphatic rings. The van der Waals surface area contributed by atoms with E-state index in [4.69, 9.17) is 4.74 Å². The van der Waals surface area contributed by atoms with Gasteiger partial charge in [-0.3, -0.25) is 4.79 Å². The average molecular weight is 339 g/mol. The van der Waals surface area contributed by atoms with Crippen molar-refractivity contribution in [3.05, 3.63) is 65.7 Å². The second kappa shape index (κ2) is 7.38. The zero-order chi connectivity index (χ0) is 17.8. The van der Waals surface area contributed by atoms with Crippen LogP contribution in [0, 0.1) is 0 Å². The first-order chi connectivity index (χ1) is 12.1. The summed E-state index contributed by atoms with van der Waals surface area (Å²) in [6.07, 6.45) is 1.71. The fourth-order valence-electron chi connectivity index (χ4n) is 2.74. The molecule has 0 aromatic heterocycles. The predicted molar refractivity (Wildman–Crippen MR) is 93.5 cm³/mol. The molecule has 1 unspecified atom stereocenters.